The first-order chi connectivity index (χ1) is 10.9. The number of ketones is 1. The first kappa shape index (κ1) is 16.0. The lowest BCUT2D eigenvalue weighted by molar-refractivity contribution is 0.101. The van der Waals surface area contributed by atoms with E-state index < -0.39 is 10.0 Å². The number of nitrogens with zero attached hydrogens (tertiary/aromatic N) is 2. The van der Waals surface area contributed by atoms with Crippen LogP contribution in [-0.2, 0) is 23.6 Å². The molecule has 6 heteroatoms. The van der Waals surface area contributed by atoms with Crippen LogP contribution in [0.1, 0.15) is 35.8 Å². The maximum Gasteiger partial charge on any atom is 0.243 e. The lowest BCUT2D eigenvalue weighted by Crippen LogP contribution is -2.33. The van der Waals surface area contributed by atoms with Crippen molar-refractivity contribution in [1.82, 2.24) is 8.87 Å². The second-order valence-electron chi connectivity index (χ2n) is 5.97. The van der Waals surface area contributed by atoms with E-state index in [4.69, 9.17) is 0 Å². The van der Waals surface area contributed by atoms with Crippen molar-refractivity contribution in [2.45, 2.75) is 37.2 Å². The summed E-state index contributed by atoms with van der Waals surface area (Å²) >= 11 is 0. The average molecular weight is 332 g/mol. The maximum absolute atomic E-state index is 13.0. The van der Waals surface area contributed by atoms with Crippen LogP contribution in [0.5, 0.6) is 0 Å². The van der Waals surface area contributed by atoms with Gasteiger partial charge in [-0.2, -0.15) is 4.31 Å². The van der Waals surface area contributed by atoms with Crippen molar-refractivity contribution in [2.75, 3.05) is 0 Å². The van der Waals surface area contributed by atoms with Crippen molar-refractivity contribution in [3.63, 3.8) is 0 Å². The molecule has 1 aliphatic rings. The Bertz CT molecular complexity index is 818. The van der Waals surface area contributed by atoms with E-state index in [0.717, 1.165) is 18.5 Å². The van der Waals surface area contributed by atoms with E-state index in [1.54, 1.807) is 16.4 Å². The van der Waals surface area contributed by atoms with Crippen molar-refractivity contribution < 1.29 is 13.2 Å². The van der Waals surface area contributed by atoms with Gasteiger partial charge in [0.1, 0.15) is 0 Å². The maximum atomic E-state index is 13.0. The van der Waals surface area contributed by atoms with Gasteiger partial charge >= 0.3 is 0 Å². The molecule has 1 aromatic heterocycles. The Kier molecular flexibility index (Phi) is 4.12. The molecule has 122 valence electrons. The predicted octanol–water partition coefficient (Wildman–Crippen LogP) is 2.58. The molecule has 0 amide bonds. The zero-order chi connectivity index (χ0) is 16.6. The largest absolute Gasteiger partial charge is 0.353 e. The van der Waals surface area contributed by atoms with E-state index >= 15 is 0 Å². The summed E-state index contributed by atoms with van der Waals surface area (Å²) in [6, 6.07) is 10.1. The van der Waals surface area contributed by atoms with Gasteiger partial charge in [0.2, 0.25) is 10.0 Å². The molecule has 5 nitrogen and oxygen atoms in total. The molecule has 1 saturated carbocycles. The smallest absolute Gasteiger partial charge is 0.243 e. The van der Waals surface area contributed by atoms with Gasteiger partial charge in [-0.25, -0.2) is 8.42 Å². The van der Waals surface area contributed by atoms with E-state index in [2.05, 4.69) is 0 Å². The summed E-state index contributed by atoms with van der Waals surface area (Å²) in [6.07, 6.45) is 3.71. The highest BCUT2D eigenvalue weighted by Gasteiger charge is 2.38. The molecule has 23 heavy (non-hydrogen) atoms. The third-order valence-corrected chi connectivity index (χ3v) is 6.10. The van der Waals surface area contributed by atoms with E-state index in [1.165, 1.54) is 19.1 Å². The molecule has 0 aliphatic heterocycles. The van der Waals surface area contributed by atoms with Crippen molar-refractivity contribution in [3.8, 4) is 0 Å². The molecule has 1 fully saturated rings. The molecule has 3 rings (SSSR count). The van der Waals surface area contributed by atoms with Crippen molar-refractivity contribution >= 4 is 15.8 Å². The van der Waals surface area contributed by atoms with Crippen LogP contribution in [0.25, 0.3) is 0 Å². The number of sulfonamides is 1. The molecule has 1 heterocycles. The molecule has 0 radical (unpaired) electrons. The van der Waals surface area contributed by atoms with E-state index in [-0.39, 0.29) is 16.7 Å². The third kappa shape index (κ3) is 3.23. The van der Waals surface area contributed by atoms with Crippen molar-refractivity contribution in [2.24, 2.45) is 7.05 Å². The SMILES string of the molecule is CC(=O)c1ccc(S(=O)(=O)N(Cc2cccn2C)C2CC2)cc1. The topological polar surface area (TPSA) is 59.4 Å². The van der Waals surface area contributed by atoms with Gasteiger partial charge in [0.15, 0.2) is 5.78 Å². The second-order valence-corrected chi connectivity index (χ2v) is 7.86. The minimum atomic E-state index is -3.56. The quantitative estimate of drug-likeness (QED) is 0.764. The van der Waals surface area contributed by atoms with E-state index in [9.17, 15) is 13.2 Å². The monoisotopic (exact) mass is 332 g/mol. The van der Waals surface area contributed by atoms with E-state index in [1.807, 2.05) is 29.9 Å². The number of hydrogen-bond donors (Lipinski definition) is 0. The number of aryl methyl sites for hydroxylation is 1. The molecule has 0 saturated heterocycles. The molecule has 0 spiro atoms. The molecular weight excluding hydrogens is 312 g/mol. The van der Waals surface area contributed by atoms with Gasteiger partial charge in [-0.05, 0) is 44.0 Å². The summed E-state index contributed by atoms with van der Waals surface area (Å²) in [7, 11) is -1.65. The van der Waals surface area contributed by atoms with Gasteiger partial charge in [0.25, 0.3) is 0 Å². The minimum Gasteiger partial charge on any atom is -0.353 e. The number of carbonyl (C=O) groups is 1. The van der Waals surface area contributed by atoms with Gasteiger partial charge in [0, 0.05) is 30.5 Å². The lowest BCUT2D eigenvalue weighted by Gasteiger charge is -2.22. The minimum absolute atomic E-state index is 0.0717. The van der Waals surface area contributed by atoms with Crippen LogP contribution in [0.4, 0.5) is 0 Å². The predicted molar refractivity (Wildman–Crippen MR) is 87.6 cm³/mol. The number of carbonyl (C=O) groups excluding carboxylic acids is 1. The van der Waals surface area contributed by atoms with Crippen LogP contribution in [0, 0.1) is 0 Å². The lowest BCUT2D eigenvalue weighted by atomic mass is 10.2. The number of benzene rings is 1. The first-order valence-electron chi connectivity index (χ1n) is 7.62. The van der Waals surface area contributed by atoms with Crippen LogP contribution >= 0.6 is 0 Å². The molecule has 1 aliphatic carbocycles. The highest BCUT2D eigenvalue weighted by atomic mass is 32.2. The van der Waals surface area contributed by atoms with Gasteiger partial charge in [-0.1, -0.05) is 12.1 Å². The summed E-state index contributed by atoms with van der Waals surface area (Å²) in [4.78, 5) is 11.6. The Morgan fingerprint density at radius 1 is 1.22 bits per heavy atom. The van der Waals surface area contributed by atoms with Crippen LogP contribution in [0.3, 0.4) is 0 Å². The fraction of sp³-hybridized carbons (Fsp3) is 0.353. The molecule has 0 N–H and O–H groups in total. The summed E-state index contributed by atoms with van der Waals surface area (Å²) in [5, 5.41) is 0. The van der Waals surface area contributed by atoms with Crippen molar-refractivity contribution in [1.29, 1.82) is 0 Å². The highest BCUT2D eigenvalue weighted by Crippen LogP contribution is 2.33. The number of aromatic nitrogens is 1. The number of hydrogen-bond acceptors (Lipinski definition) is 3. The summed E-state index contributed by atoms with van der Waals surface area (Å²) in [5.74, 6) is -0.0724. The second kappa shape index (κ2) is 5.94. The summed E-state index contributed by atoms with van der Waals surface area (Å²) in [6.45, 7) is 1.83. The highest BCUT2D eigenvalue weighted by molar-refractivity contribution is 7.89. The number of Topliss-reactive ketones (excluding diaryl/α,β-unsaturated/α-hetero) is 1. The molecule has 0 unspecified atom stereocenters. The normalized spacial score (nSPS) is 15.1. The molecule has 2 aromatic rings. The van der Waals surface area contributed by atoms with Crippen LogP contribution < -0.4 is 0 Å². The Balaban J connectivity index is 1.91. The van der Waals surface area contributed by atoms with Crippen LogP contribution in [0.15, 0.2) is 47.5 Å². The van der Waals surface area contributed by atoms with Crippen LogP contribution in [-0.4, -0.2) is 29.1 Å². The molecule has 0 atom stereocenters. The fourth-order valence-corrected chi connectivity index (χ4v) is 4.25. The Labute approximate surface area is 136 Å². The third-order valence-electron chi connectivity index (χ3n) is 4.19. The van der Waals surface area contributed by atoms with Crippen LogP contribution in [0.2, 0.25) is 0 Å². The average Bonchev–Trinajstić information content (AvgIpc) is 3.27. The summed E-state index contributed by atoms with van der Waals surface area (Å²) < 4.78 is 29.4. The zero-order valence-electron chi connectivity index (χ0n) is 13.3. The zero-order valence-corrected chi connectivity index (χ0v) is 14.1. The standard InChI is InChI=1S/C17H20N2O3S/c1-13(20)14-5-9-17(10-6-14)23(21,22)19(15-7-8-15)12-16-4-3-11-18(16)2/h3-6,9-11,15H,7-8,12H2,1-2H3. The fourth-order valence-electron chi connectivity index (χ4n) is 2.59. The van der Waals surface area contributed by atoms with Gasteiger partial charge in [0.05, 0.1) is 11.4 Å². The molecule has 0 bridgehead atoms. The van der Waals surface area contributed by atoms with Gasteiger partial charge < -0.3 is 4.57 Å². The molecule has 1 aromatic carbocycles. The number of rotatable bonds is 6. The van der Waals surface area contributed by atoms with E-state index in [0.29, 0.717) is 12.1 Å². The Morgan fingerprint density at radius 3 is 2.35 bits per heavy atom. The summed E-state index contributed by atoms with van der Waals surface area (Å²) in [5.41, 5.74) is 1.48. The Hall–Kier alpha value is -1.92. The van der Waals surface area contributed by atoms with Gasteiger partial charge in [-0.3, -0.25) is 4.79 Å². The first-order valence-corrected chi connectivity index (χ1v) is 9.06. The Morgan fingerprint density at radius 2 is 1.87 bits per heavy atom. The van der Waals surface area contributed by atoms with Crippen molar-refractivity contribution in [3.05, 3.63) is 53.9 Å². The molecular formula is C17H20N2O3S. The van der Waals surface area contributed by atoms with Gasteiger partial charge in [-0.15, -0.1) is 0 Å².